The lowest BCUT2D eigenvalue weighted by Crippen LogP contribution is -2.07. The number of hydrogen-bond acceptors (Lipinski definition) is 3. The summed E-state index contributed by atoms with van der Waals surface area (Å²) >= 11 is 0. The molecule has 0 bridgehead atoms. The molecule has 3 N–H and O–H groups in total. The molecule has 3 aromatic rings. The molecule has 2 aromatic carbocycles. The Labute approximate surface area is 181 Å². The molecule has 7 nitrogen and oxygen atoms in total. The molecule has 0 aliphatic carbocycles. The van der Waals surface area contributed by atoms with Crippen LogP contribution in [-0.4, -0.2) is 25.5 Å². The van der Waals surface area contributed by atoms with Crippen LogP contribution in [0.4, 0.5) is 18.9 Å². The number of aryl methyl sites for hydroxylation is 1. The maximum absolute atomic E-state index is 12.8. The van der Waals surface area contributed by atoms with Crippen molar-refractivity contribution in [2.75, 3.05) is 5.32 Å². The first-order valence-corrected chi connectivity index (χ1v) is 11.0. The minimum Gasteiger partial charge on any atom is -0.324 e. The van der Waals surface area contributed by atoms with Gasteiger partial charge in [-0.1, -0.05) is 24.3 Å². The van der Waals surface area contributed by atoms with Gasteiger partial charge in [0.15, 0.2) is 0 Å². The van der Waals surface area contributed by atoms with Crippen molar-refractivity contribution in [3.8, 4) is 11.3 Å². The van der Waals surface area contributed by atoms with E-state index < -0.39 is 31.4 Å². The van der Waals surface area contributed by atoms with Crippen LogP contribution in [0.15, 0.2) is 60.8 Å². The fourth-order valence-corrected chi connectivity index (χ4v) is 3.71. The van der Waals surface area contributed by atoms with E-state index in [1.807, 2.05) is 0 Å². The molecule has 0 unspecified atom stereocenters. The van der Waals surface area contributed by atoms with Gasteiger partial charge in [0.25, 0.3) is 0 Å². The van der Waals surface area contributed by atoms with Crippen molar-refractivity contribution in [2.45, 2.75) is 12.3 Å². The Morgan fingerprint density at radius 3 is 2.31 bits per heavy atom. The van der Waals surface area contributed by atoms with Gasteiger partial charge < -0.3 is 15.1 Å². The Morgan fingerprint density at radius 2 is 1.75 bits per heavy atom. The van der Waals surface area contributed by atoms with Crippen LogP contribution >= 0.6 is 7.60 Å². The molecule has 0 spiro atoms. The van der Waals surface area contributed by atoms with Crippen molar-refractivity contribution >= 4 is 25.3 Å². The Kier molecular flexibility index (Phi) is 6.68. The van der Waals surface area contributed by atoms with Gasteiger partial charge in [-0.3, -0.25) is 14.0 Å². The third kappa shape index (κ3) is 6.16. The molecule has 0 saturated heterocycles. The van der Waals surface area contributed by atoms with Gasteiger partial charge >= 0.3 is 13.8 Å². The van der Waals surface area contributed by atoms with E-state index in [1.165, 1.54) is 59.4 Å². The van der Waals surface area contributed by atoms with E-state index in [0.29, 0.717) is 28.1 Å². The monoisotopic (exact) mass is 465 g/mol. The van der Waals surface area contributed by atoms with Crippen molar-refractivity contribution < 1.29 is 32.3 Å². The van der Waals surface area contributed by atoms with E-state index in [2.05, 4.69) is 10.4 Å². The number of anilines is 1. The second kappa shape index (κ2) is 9.12. The largest absolute Gasteiger partial charge is 0.416 e. The normalized spacial score (nSPS) is 12.3. The molecule has 1 amide bonds. The van der Waals surface area contributed by atoms with Crippen molar-refractivity contribution in [1.82, 2.24) is 9.78 Å². The predicted molar refractivity (Wildman–Crippen MR) is 113 cm³/mol. The number of carbonyl (C=O) groups is 1. The molecule has 0 fully saturated rings. The number of nitrogens with one attached hydrogen (secondary N) is 1. The summed E-state index contributed by atoms with van der Waals surface area (Å²) in [5, 5.41) is 6.73. The number of amides is 1. The highest BCUT2D eigenvalue weighted by atomic mass is 31.2. The fraction of sp³-hybridized carbons (Fsp3) is 0.143. The molecule has 0 aliphatic heterocycles. The topological polar surface area (TPSA) is 104 Å². The van der Waals surface area contributed by atoms with Gasteiger partial charge in [0, 0.05) is 29.9 Å². The van der Waals surface area contributed by atoms with Gasteiger partial charge in [0.05, 0.1) is 23.6 Å². The number of aromatic nitrogens is 2. The molecular formula is C21H19F3N3O4P. The number of carbonyl (C=O) groups excluding carboxylic acids is 1. The minimum absolute atomic E-state index is 0.394. The lowest BCUT2D eigenvalue weighted by molar-refractivity contribution is -0.137. The van der Waals surface area contributed by atoms with Gasteiger partial charge in [0.1, 0.15) is 0 Å². The smallest absolute Gasteiger partial charge is 0.324 e. The van der Waals surface area contributed by atoms with Gasteiger partial charge in [-0.15, -0.1) is 0 Å². The zero-order valence-corrected chi connectivity index (χ0v) is 17.6. The number of nitrogens with zero attached hydrogens (tertiary/aromatic N) is 2. The predicted octanol–water partition coefficient (Wildman–Crippen LogP) is 4.44. The Bertz CT molecular complexity index is 1180. The van der Waals surface area contributed by atoms with Crippen LogP contribution < -0.4 is 5.32 Å². The van der Waals surface area contributed by atoms with Gasteiger partial charge in [-0.2, -0.15) is 18.3 Å². The summed E-state index contributed by atoms with van der Waals surface area (Å²) in [5.74, 6) is -0.463. The first-order chi connectivity index (χ1) is 14.9. The molecule has 0 aliphatic rings. The molecule has 32 heavy (non-hydrogen) atoms. The zero-order chi connectivity index (χ0) is 23.5. The molecule has 0 radical (unpaired) electrons. The Hall–Kier alpha value is -3.20. The van der Waals surface area contributed by atoms with Crippen LogP contribution in [0.5, 0.6) is 0 Å². The van der Waals surface area contributed by atoms with Gasteiger partial charge in [0.2, 0.25) is 5.91 Å². The minimum atomic E-state index is -4.43. The number of halogens is 3. The molecule has 11 heteroatoms. The van der Waals surface area contributed by atoms with Crippen LogP contribution in [0.1, 0.15) is 16.7 Å². The van der Waals surface area contributed by atoms with E-state index in [9.17, 15) is 22.5 Å². The van der Waals surface area contributed by atoms with E-state index in [1.54, 1.807) is 7.05 Å². The van der Waals surface area contributed by atoms with Crippen molar-refractivity contribution in [1.29, 1.82) is 0 Å². The van der Waals surface area contributed by atoms with Crippen molar-refractivity contribution in [2.24, 2.45) is 7.05 Å². The van der Waals surface area contributed by atoms with Gasteiger partial charge in [-0.05, 0) is 35.9 Å². The van der Waals surface area contributed by atoms with Crippen molar-refractivity contribution in [3.63, 3.8) is 0 Å². The van der Waals surface area contributed by atoms with Crippen LogP contribution in [-0.2, 0) is 28.7 Å². The highest BCUT2D eigenvalue weighted by Crippen LogP contribution is 2.39. The first kappa shape index (κ1) is 23.5. The molecule has 0 atom stereocenters. The quantitative estimate of drug-likeness (QED) is 0.369. The standard InChI is InChI=1S/C21H19F3N3O4P/c1-27-20(15-4-7-17(8-5-15)21(22,23)24)16(12-25-27)6-11-19(28)26-18-9-2-14(3-10-18)13-32(29,30)31/h2-12H,13H2,1H3,(H,26,28)(H2,29,30,31)/b11-6+. The van der Waals surface area contributed by atoms with E-state index in [-0.39, 0.29) is 0 Å². The maximum Gasteiger partial charge on any atom is 0.416 e. The first-order valence-electron chi connectivity index (χ1n) is 9.24. The number of benzene rings is 2. The summed E-state index contributed by atoms with van der Waals surface area (Å²) < 4.78 is 50.9. The SMILES string of the molecule is Cn1ncc(/C=C/C(=O)Nc2ccc(CP(=O)(O)O)cc2)c1-c1ccc(C(F)(F)F)cc1. The highest BCUT2D eigenvalue weighted by Gasteiger charge is 2.30. The third-order valence-electron chi connectivity index (χ3n) is 4.48. The summed E-state index contributed by atoms with van der Waals surface area (Å²) in [4.78, 5) is 30.2. The lowest BCUT2D eigenvalue weighted by atomic mass is 10.1. The molecule has 1 heterocycles. The van der Waals surface area contributed by atoms with Crippen LogP contribution in [0.3, 0.4) is 0 Å². The van der Waals surface area contributed by atoms with Crippen LogP contribution in [0.25, 0.3) is 17.3 Å². The highest BCUT2D eigenvalue weighted by molar-refractivity contribution is 7.50. The van der Waals surface area contributed by atoms with Gasteiger partial charge in [-0.25, -0.2) is 0 Å². The van der Waals surface area contributed by atoms with Crippen LogP contribution in [0, 0.1) is 0 Å². The van der Waals surface area contributed by atoms with E-state index >= 15 is 0 Å². The third-order valence-corrected chi connectivity index (χ3v) is 5.25. The lowest BCUT2D eigenvalue weighted by Gasteiger charge is -2.09. The molecule has 3 rings (SSSR count). The zero-order valence-electron chi connectivity index (χ0n) is 16.7. The summed E-state index contributed by atoms with van der Waals surface area (Å²) in [5.41, 5.74) is 1.71. The fourth-order valence-electron chi connectivity index (χ4n) is 3.03. The molecular weight excluding hydrogens is 446 g/mol. The molecule has 0 saturated carbocycles. The average molecular weight is 465 g/mol. The molecule has 1 aromatic heterocycles. The number of rotatable bonds is 6. The second-order valence-electron chi connectivity index (χ2n) is 6.99. The Balaban J connectivity index is 1.72. The van der Waals surface area contributed by atoms with E-state index in [4.69, 9.17) is 9.79 Å². The summed E-state index contributed by atoms with van der Waals surface area (Å²) in [6.45, 7) is 0. The number of alkyl halides is 3. The van der Waals surface area contributed by atoms with Crippen molar-refractivity contribution in [3.05, 3.63) is 77.5 Å². The van der Waals surface area contributed by atoms with Crippen LogP contribution in [0.2, 0.25) is 0 Å². The summed E-state index contributed by atoms with van der Waals surface area (Å²) in [6, 6.07) is 10.7. The molecule has 168 valence electrons. The second-order valence-corrected chi connectivity index (χ2v) is 8.64. The average Bonchev–Trinajstić information content (AvgIpc) is 3.07. The number of hydrogen-bond donors (Lipinski definition) is 3. The Morgan fingerprint density at radius 1 is 1.12 bits per heavy atom. The maximum atomic E-state index is 12.8. The summed E-state index contributed by atoms with van der Waals surface area (Å²) in [7, 11) is -2.53. The van der Waals surface area contributed by atoms with E-state index in [0.717, 1.165) is 12.1 Å². The summed E-state index contributed by atoms with van der Waals surface area (Å²) in [6.07, 6.45) is -0.575.